The van der Waals surface area contributed by atoms with E-state index in [9.17, 15) is 23.3 Å². The number of fused-ring (bicyclic) bond motifs is 1. The number of rotatable bonds is 6. The standard InChI is InChI=1S/C19H17N3O6S/c1-13(19(23)20-24)21(16-7-4-8-17(12-16)22(25)26)29(27,28)18-10-9-14-5-2-3-6-15(14)11-18/h2-13,24H,1H3,(H,20,23)/t13-/m0/s1. The number of carbonyl (C=O) groups is 1. The summed E-state index contributed by atoms with van der Waals surface area (Å²) >= 11 is 0. The van der Waals surface area contributed by atoms with E-state index in [2.05, 4.69) is 0 Å². The Hall–Kier alpha value is -3.50. The summed E-state index contributed by atoms with van der Waals surface area (Å²) in [6, 6.07) is 15.2. The molecule has 0 heterocycles. The van der Waals surface area contributed by atoms with Crippen molar-refractivity contribution >= 4 is 38.1 Å². The van der Waals surface area contributed by atoms with Crippen molar-refractivity contribution in [3.05, 3.63) is 76.8 Å². The molecule has 3 rings (SSSR count). The number of carbonyl (C=O) groups excluding carboxylic acids is 1. The number of nitro groups is 1. The summed E-state index contributed by atoms with van der Waals surface area (Å²) in [7, 11) is -4.30. The molecular formula is C19H17N3O6S. The van der Waals surface area contributed by atoms with Gasteiger partial charge >= 0.3 is 0 Å². The summed E-state index contributed by atoms with van der Waals surface area (Å²) in [6.07, 6.45) is 0. The van der Waals surface area contributed by atoms with Gasteiger partial charge in [-0.2, -0.15) is 0 Å². The lowest BCUT2D eigenvalue weighted by atomic mass is 10.1. The maximum absolute atomic E-state index is 13.4. The molecule has 0 aromatic heterocycles. The molecule has 0 unspecified atom stereocenters. The van der Waals surface area contributed by atoms with Crippen molar-refractivity contribution in [2.75, 3.05) is 4.31 Å². The van der Waals surface area contributed by atoms with E-state index in [1.807, 2.05) is 12.1 Å². The molecule has 2 N–H and O–H groups in total. The van der Waals surface area contributed by atoms with E-state index in [1.165, 1.54) is 42.7 Å². The van der Waals surface area contributed by atoms with E-state index < -0.39 is 26.9 Å². The number of amides is 1. The number of anilines is 1. The molecule has 3 aromatic carbocycles. The van der Waals surface area contributed by atoms with Crippen LogP contribution in [0.1, 0.15) is 6.92 Å². The molecular weight excluding hydrogens is 398 g/mol. The zero-order valence-corrected chi connectivity index (χ0v) is 16.0. The molecule has 29 heavy (non-hydrogen) atoms. The van der Waals surface area contributed by atoms with Crippen LogP contribution in [0.2, 0.25) is 0 Å². The Labute approximate surface area is 166 Å². The summed E-state index contributed by atoms with van der Waals surface area (Å²) in [5.74, 6) is -0.985. The number of nitro benzene ring substituents is 1. The third kappa shape index (κ3) is 3.89. The number of benzene rings is 3. The van der Waals surface area contributed by atoms with Crippen LogP contribution in [0.4, 0.5) is 11.4 Å². The lowest BCUT2D eigenvalue weighted by Gasteiger charge is -2.29. The number of nitrogens with one attached hydrogen (secondary N) is 1. The van der Waals surface area contributed by atoms with Crippen molar-refractivity contribution in [2.45, 2.75) is 17.9 Å². The van der Waals surface area contributed by atoms with Crippen molar-refractivity contribution < 1.29 is 23.3 Å². The lowest BCUT2D eigenvalue weighted by molar-refractivity contribution is -0.384. The predicted octanol–water partition coefficient (Wildman–Crippen LogP) is 2.84. The van der Waals surface area contributed by atoms with Gasteiger partial charge in [-0.1, -0.05) is 36.4 Å². The van der Waals surface area contributed by atoms with Gasteiger partial charge in [-0.15, -0.1) is 0 Å². The topological polar surface area (TPSA) is 130 Å². The molecule has 1 atom stereocenters. The Morgan fingerprint density at radius 1 is 1.07 bits per heavy atom. The fraction of sp³-hybridized carbons (Fsp3) is 0.105. The average molecular weight is 415 g/mol. The molecule has 0 fully saturated rings. The Morgan fingerprint density at radius 2 is 1.76 bits per heavy atom. The van der Waals surface area contributed by atoms with Crippen molar-refractivity contribution in [3.8, 4) is 0 Å². The van der Waals surface area contributed by atoms with Gasteiger partial charge in [-0.25, -0.2) is 13.9 Å². The van der Waals surface area contributed by atoms with Crippen LogP contribution in [0.3, 0.4) is 0 Å². The SMILES string of the molecule is C[C@@H](C(=O)NO)N(c1cccc([N+](=O)[O-])c1)S(=O)(=O)c1ccc2ccccc2c1. The van der Waals surface area contributed by atoms with Gasteiger partial charge in [0.25, 0.3) is 21.6 Å². The van der Waals surface area contributed by atoms with E-state index in [1.54, 1.807) is 18.2 Å². The highest BCUT2D eigenvalue weighted by atomic mass is 32.2. The van der Waals surface area contributed by atoms with Gasteiger partial charge in [0.05, 0.1) is 15.5 Å². The van der Waals surface area contributed by atoms with Crippen molar-refractivity contribution in [1.82, 2.24) is 5.48 Å². The van der Waals surface area contributed by atoms with Crippen LogP contribution in [-0.4, -0.2) is 30.5 Å². The molecule has 0 aliphatic heterocycles. The fourth-order valence-electron chi connectivity index (χ4n) is 2.96. The minimum Gasteiger partial charge on any atom is -0.289 e. The van der Waals surface area contributed by atoms with Gasteiger partial charge in [-0.3, -0.25) is 24.4 Å². The van der Waals surface area contributed by atoms with Crippen LogP contribution in [0.25, 0.3) is 10.8 Å². The Kier molecular flexibility index (Phi) is 5.48. The summed E-state index contributed by atoms with van der Waals surface area (Å²) in [5, 5.41) is 21.6. The first kappa shape index (κ1) is 20.2. The molecule has 0 aliphatic rings. The van der Waals surface area contributed by atoms with Crippen LogP contribution in [0.5, 0.6) is 0 Å². The van der Waals surface area contributed by atoms with Crippen LogP contribution >= 0.6 is 0 Å². The maximum Gasteiger partial charge on any atom is 0.271 e. The van der Waals surface area contributed by atoms with Crippen LogP contribution < -0.4 is 9.79 Å². The number of hydrogen-bond donors (Lipinski definition) is 2. The van der Waals surface area contributed by atoms with Gasteiger partial charge in [0, 0.05) is 12.1 Å². The largest absolute Gasteiger partial charge is 0.289 e. The molecule has 1 amide bonds. The second-order valence-corrected chi connectivity index (χ2v) is 8.05. The molecule has 3 aromatic rings. The van der Waals surface area contributed by atoms with Gasteiger partial charge in [0.1, 0.15) is 6.04 Å². The maximum atomic E-state index is 13.4. The molecule has 0 radical (unpaired) electrons. The summed E-state index contributed by atoms with van der Waals surface area (Å²) in [6.45, 7) is 1.27. The monoisotopic (exact) mass is 415 g/mol. The number of hydrogen-bond acceptors (Lipinski definition) is 6. The van der Waals surface area contributed by atoms with Gasteiger partial charge in [0.15, 0.2) is 0 Å². The Bertz CT molecular complexity index is 1200. The highest BCUT2D eigenvalue weighted by molar-refractivity contribution is 7.93. The summed E-state index contributed by atoms with van der Waals surface area (Å²) in [4.78, 5) is 22.4. The average Bonchev–Trinajstić information content (AvgIpc) is 2.72. The third-order valence-electron chi connectivity index (χ3n) is 4.41. The quantitative estimate of drug-likeness (QED) is 0.362. The van der Waals surface area contributed by atoms with Crippen LogP contribution in [-0.2, 0) is 14.8 Å². The van der Waals surface area contributed by atoms with E-state index >= 15 is 0 Å². The number of nitrogens with zero attached hydrogens (tertiary/aromatic N) is 2. The first-order valence-electron chi connectivity index (χ1n) is 8.47. The zero-order valence-electron chi connectivity index (χ0n) is 15.2. The summed E-state index contributed by atoms with van der Waals surface area (Å²) < 4.78 is 27.6. The smallest absolute Gasteiger partial charge is 0.271 e. The first-order chi connectivity index (χ1) is 13.8. The molecule has 0 aliphatic carbocycles. The Morgan fingerprint density at radius 3 is 2.41 bits per heavy atom. The van der Waals surface area contributed by atoms with Crippen LogP contribution in [0, 0.1) is 10.1 Å². The second kappa shape index (κ2) is 7.86. The number of hydroxylamine groups is 1. The minimum atomic E-state index is -4.30. The molecule has 0 spiro atoms. The molecule has 150 valence electrons. The van der Waals surface area contributed by atoms with Crippen molar-refractivity contribution in [1.29, 1.82) is 0 Å². The molecule has 9 nitrogen and oxygen atoms in total. The number of non-ortho nitro benzene ring substituents is 1. The minimum absolute atomic E-state index is 0.0801. The molecule has 10 heteroatoms. The number of sulfonamides is 1. The fourth-order valence-corrected chi connectivity index (χ4v) is 4.60. The van der Waals surface area contributed by atoms with Crippen LogP contribution in [0.15, 0.2) is 71.6 Å². The highest BCUT2D eigenvalue weighted by Gasteiger charge is 2.34. The second-order valence-electron chi connectivity index (χ2n) is 6.24. The normalized spacial score (nSPS) is 12.3. The summed E-state index contributed by atoms with van der Waals surface area (Å²) in [5.41, 5.74) is 1.01. The molecule has 0 saturated heterocycles. The lowest BCUT2D eigenvalue weighted by Crippen LogP contribution is -2.47. The van der Waals surface area contributed by atoms with Gasteiger partial charge in [0.2, 0.25) is 0 Å². The first-order valence-corrected chi connectivity index (χ1v) is 9.91. The van der Waals surface area contributed by atoms with E-state index in [-0.39, 0.29) is 16.3 Å². The van der Waals surface area contributed by atoms with Crippen molar-refractivity contribution in [3.63, 3.8) is 0 Å². The Balaban J connectivity index is 2.19. The van der Waals surface area contributed by atoms with Crippen molar-refractivity contribution in [2.24, 2.45) is 0 Å². The third-order valence-corrected chi connectivity index (χ3v) is 6.31. The highest BCUT2D eigenvalue weighted by Crippen LogP contribution is 2.30. The zero-order chi connectivity index (χ0) is 21.2. The van der Waals surface area contributed by atoms with Gasteiger partial charge < -0.3 is 0 Å². The molecule has 0 saturated carbocycles. The van der Waals surface area contributed by atoms with E-state index in [0.717, 1.165) is 15.8 Å². The predicted molar refractivity (Wildman–Crippen MR) is 106 cm³/mol. The van der Waals surface area contributed by atoms with E-state index in [4.69, 9.17) is 5.21 Å². The van der Waals surface area contributed by atoms with E-state index in [0.29, 0.717) is 5.39 Å². The van der Waals surface area contributed by atoms with Gasteiger partial charge in [-0.05, 0) is 35.9 Å². The molecule has 0 bridgehead atoms.